The number of hydrogen-bond donors (Lipinski definition) is 0. The molecule has 6 nitrogen and oxygen atoms in total. The third-order valence-electron chi connectivity index (χ3n) is 4.51. The number of thioether (sulfide) groups is 1. The van der Waals surface area contributed by atoms with Gasteiger partial charge in [-0.15, -0.1) is 0 Å². The molecule has 132 valence electrons. The highest BCUT2D eigenvalue weighted by Crippen LogP contribution is 2.15. The van der Waals surface area contributed by atoms with Gasteiger partial charge in [-0.2, -0.15) is 4.98 Å². The van der Waals surface area contributed by atoms with Crippen LogP contribution in [0.25, 0.3) is 12.2 Å². The van der Waals surface area contributed by atoms with Gasteiger partial charge in [-0.3, -0.25) is 4.90 Å². The number of aromatic nitrogens is 3. The molecule has 1 aliphatic carbocycles. The predicted molar refractivity (Wildman–Crippen MR) is 99.8 cm³/mol. The second kappa shape index (κ2) is 7.58. The van der Waals surface area contributed by atoms with Crippen molar-refractivity contribution in [1.82, 2.24) is 19.9 Å². The number of fused-ring (bicyclic) bond motifs is 1. The summed E-state index contributed by atoms with van der Waals surface area (Å²) in [7, 11) is 0. The number of hydrogen-bond acceptors (Lipinski definition) is 7. The van der Waals surface area contributed by atoms with Gasteiger partial charge in [0, 0.05) is 50.7 Å². The summed E-state index contributed by atoms with van der Waals surface area (Å²) in [5.74, 6) is 1.00. The van der Waals surface area contributed by atoms with E-state index < -0.39 is 0 Å². The summed E-state index contributed by atoms with van der Waals surface area (Å²) in [6.07, 6.45) is 10.3. The van der Waals surface area contributed by atoms with E-state index in [0.717, 1.165) is 73.3 Å². The van der Waals surface area contributed by atoms with Gasteiger partial charge in [0.15, 0.2) is 10.6 Å². The van der Waals surface area contributed by atoms with Crippen LogP contribution in [0.15, 0.2) is 22.0 Å². The fraction of sp³-hybridized carbons (Fsp3) is 0.500. The first kappa shape index (κ1) is 16.6. The molecule has 1 saturated heterocycles. The quantitative estimate of drug-likeness (QED) is 0.590. The monoisotopic (exact) mass is 357 g/mol. The van der Waals surface area contributed by atoms with Gasteiger partial charge in [0.2, 0.25) is 0 Å². The topological polar surface area (TPSA) is 58.3 Å². The minimum absolute atomic E-state index is 0.767. The number of oxazole rings is 1. The molecular formula is C18H23N5OS. The molecule has 0 saturated carbocycles. The molecule has 0 N–H and O–H groups in total. The molecule has 1 fully saturated rings. The highest BCUT2D eigenvalue weighted by Gasteiger charge is 2.21. The lowest BCUT2D eigenvalue weighted by Crippen LogP contribution is -2.46. The van der Waals surface area contributed by atoms with E-state index in [1.54, 1.807) is 11.8 Å². The van der Waals surface area contributed by atoms with Crippen molar-refractivity contribution in [2.45, 2.75) is 31.5 Å². The lowest BCUT2D eigenvalue weighted by atomic mass is 10.2. The van der Waals surface area contributed by atoms with Crippen molar-refractivity contribution < 1.29 is 4.42 Å². The Morgan fingerprint density at radius 2 is 1.84 bits per heavy atom. The van der Waals surface area contributed by atoms with Gasteiger partial charge in [0.25, 0.3) is 6.01 Å². The van der Waals surface area contributed by atoms with E-state index in [0.29, 0.717) is 0 Å². The Balaban J connectivity index is 1.34. The van der Waals surface area contributed by atoms with Crippen LogP contribution < -0.4 is 15.7 Å². The molecule has 25 heavy (non-hydrogen) atoms. The minimum atomic E-state index is 0.767. The summed E-state index contributed by atoms with van der Waals surface area (Å²) >= 11 is 1.67. The van der Waals surface area contributed by atoms with Gasteiger partial charge in [-0.1, -0.05) is 24.8 Å². The molecule has 1 aliphatic heterocycles. The van der Waals surface area contributed by atoms with Crippen LogP contribution in [0.4, 0.5) is 6.01 Å². The van der Waals surface area contributed by atoms with E-state index in [1.165, 1.54) is 5.56 Å². The second-order valence-electron chi connectivity index (χ2n) is 6.30. The maximum absolute atomic E-state index is 5.92. The van der Waals surface area contributed by atoms with E-state index >= 15 is 0 Å². The molecule has 3 heterocycles. The van der Waals surface area contributed by atoms with Gasteiger partial charge in [-0.05, 0) is 24.7 Å². The summed E-state index contributed by atoms with van der Waals surface area (Å²) < 4.78 is 5.92. The second-order valence-corrected chi connectivity index (χ2v) is 7.53. The van der Waals surface area contributed by atoms with Crippen LogP contribution in [0.5, 0.6) is 0 Å². The standard InChI is InChI=1S/C18H23N5OS/c1-2-25-17-19-11-14(12-20-17)13-22-7-9-23(10-8-22)18-21-15-5-3-4-6-16(15)24-18/h5-6,11-12H,2-4,7-10,13H2,1H3. The smallest absolute Gasteiger partial charge is 0.298 e. The van der Waals surface area contributed by atoms with Crippen molar-refractivity contribution >= 4 is 29.9 Å². The van der Waals surface area contributed by atoms with Crippen molar-refractivity contribution in [3.63, 3.8) is 0 Å². The van der Waals surface area contributed by atoms with Crippen molar-refractivity contribution in [2.24, 2.45) is 0 Å². The van der Waals surface area contributed by atoms with E-state index in [2.05, 4.69) is 43.8 Å². The maximum atomic E-state index is 5.92. The van der Waals surface area contributed by atoms with Crippen molar-refractivity contribution in [3.8, 4) is 0 Å². The molecule has 2 aliphatic rings. The average Bonchev–Trinajstić information content (AvgIpc) is 3.08. The fourth-order valence-electron chi connectivity index (χ4n) is 3.18. The zero-order valence-electron chi connectivity index (χ0n) is 14.5. The Kier molecular flexibility index (Phi) is 5.03. The minimum Gasteiger partial charge on any atom is -0.424 e. The van der Waals surface area contributed by atoms with E-state index in [-0.39, 0.29) is 0 Å². The van der Waals surface area contributed by atoms with Crippen LogP contribution >= 0.6 is 11.8 Å². The summed E-state index contributed by atoms with van der Waals surface area (Å²) in [5, 5.41) is 1.86. The Hall–Kier alpha value is -1.86. The first-order valence-electron chi connectivity index (χ1n) is 8.90. The molecule has 0 unspecified atom stereocenters. The van der Waals surface area contributed by atoms with Crippen LogP contribution in [-0.2, 0) is 6.54 Å². The number of piperazine rings is 1. The number of rotatable bonds is 5. The number of anilines is 1. The van der Waals surface area contributed by atoms with Crippen LogP contribution in [0.2, 0.25) is 0 Å². The lowest BCUT2D eigenvalue weighted by Gasteiger charge is -2.33. The Bertz CT molecular complexity index is 791. The zero-order chi connectivity index (χ0) is 17.1. The van der Waals surface area contributed by atoms with E-state index in [4.69, 9.17) is 4.42 Å². The molecule has 0 spiro atoms. The van der Waals surface area contributed by atoms with Crippen molar-refractivity contribution in [2.75, 3.05) is 36.8 Å². The molecule has 0 bridgehead atoms. The van der Waals surface area contributed by atoms with Crippen molar-refractivity contribution in [1.29, 1.82) is 0 Å². The third kappa shape index (κ3) is 3.88. The first-order chi connectivity index (χ1) is 12.3. The molecule has 4 rings (SSSR count). The first-order valence-corrected chi connectivity index (χ1v) is 9.88. The predicted octanol–water partition coefficient (Wildman–Crippen LogP) is 1.25. The summed E-state index contributed by atoms with van der Waals surface area (Å²) in [5.41, 5.74) is 2.11. The SMILES string of the molecule is CCSc1ncc(CN2CCN(c3nc4c(o3)=CCCC=4)CC2)cn1. The van der Waals surface area contributed by atoms with Crippen LogP contribution in [-0.4, -0.2) is 51.8 Å². The van der Waals surface area contributed by atoms with E-state index in [9.17, 15) is 0 Å². The summed E-state index contributed by atoms with van der Waals surface area (Å²) in [4.78, 5) is 18.2. The molecule has 7 heteroatoms. The lowest BCUT2D eigenvalue weighted by molar-refractivity contribution is 0.244. The van der Waals surface area contributed by atoms with Crippen LogP contribution in [0.1, 0.15) is 25.3 Å². The van der Waals surface area contributed by atoms with Gasteiger partial charge >= 0.3 is 0 Å². The Morgan fingerprint density at radius 1 is 1.08 bits per heavy atom. The molecule has 0 aromatic carbocycles. The molecular weight excluding hydrogens is 334 g/mol. The van der Waals surface area contributed by atoms with E-state index in [1.807, 2.05) is 12.4 Å². The average molecular weight is 357 g/mol. The number of nitrogens with zero attached hydrogens (tertiary/aromatic N) is 5. The van der Waals surface area contributed by atoms with Crippen LogP contribution in [0, 0.1) is 0 Å². The third-order valence-corrected chi connectivity index (χ3v) is 5.27. The normalized spacial score (nSPS) is 17.7. The van der Waals surface area contributed by atoms with Gasteiger partial charge in [-0.25, -0.2) is 9.97 Å². The van der Waals surface area contributed by atoms with Crippen LogP contribution in [0.3, 0.4) is 0 Å². The summed E-state index contributed by atoms with van der Waals surface area (Å²) in [6, 6.07) is 0.767. The molecule has 0 amide bonds. The Labute approximate surface area is 151 Å². The Morgan fingerprint density at radius 3 is 2.56 bits per heavy atom. The zero-order valence-corrected chi connectivity index (χ0v) is 15.3. The highest BCUT2D eigenvalue weighted by molar-refractivity contribution is 7.99. The fourth-order valence-corrected chi connectivity index (χ4v) is 3.69. The molecule has 0 radical (unpaired) electrons. The van der Waals surface area contributed by atoms with Gasteiger partial charge in [0.1, 0.15) is 5.35 Å². The van der Waals surface area contributed by atoms with Gasteiger partial charge in [0.05, 0.1) is 0 Å². The largest absolute Gasteiger partial charge is 0.424 e. The highest BCUT2D eigenvalue weighted by atomic mass is 32.2. The maximum Gasteiger partial charge on any atom is 0.298 e. The molecule has 2 aromatic rings. The summed E-state index contributed by atoms with van der Waals surface area (Å²) in [6.45, 7) is 6.86. The van der Waals surface area contributed by atoms with Crippen molar-refractivity contribution in [3.05, 3.63) is 28.7 Å². The van der Waals surface area contributed by atoms with Gasteiger partial charge < -0.3 is 9.32 Å². The molecule has 2 aromatic heterocycles. The molecule has 0 atom stereocenters.